The maximum Gasteiger partial charge on any atom is 0.357 e. The molecule has 2 saturated heterocycles. The Hall–Kier alpha value is -0.320. The molecule has 5 heteroatoms. The smallest absolute Gasteiger partial charge is 0.357 e. The van der Waals surface area contributed by atoms with Gasteiger partial charge in [-0.2, -0.15) is 0 Å². The number of hydrogen-bond donors (Lipinski definition) is 0. The summed E-state index contributed by atoms with van der Waals surface area (Å²) in [4.78, 5) is 11.4. The number of esters is 1. The first-order valence-corrected chi connectivity index (χ1v) is 5.49. The van der Waals surface area contributed by atoms with E-state index in [0.29, 0.717) is 6.42 Å². The van der Waals surface area contributed by atoms with Gasteiger partial charge in [0.2, 0.25) is 0 Å². The number of ether oxygens (including phenoxy) is 3. The summed E-state index contributed by atoms with van der Waals surface area (Å²) in [6.45, 7) is 2.60. The van der Waals surface area contributed by atoms with Gasteiger partial charge in [0.05, 0.1) is 13.2 Å². The Balaban J connectivity index is 1.96. The van der Waals surface area contributed by atoms with E-state index in [-0.39, 0.29) is 6.10 Å². The molecule has 0 aromatic carbocycles. The number of epoxide rings is 1. The van der Waals surface area contributed by atoms with Gasteiger partial charge in [-0.05, 0) is 19.8 Å². The number of carbonyl (C=O) groups is 1. The van der Waals surface area contributed by atoms with Gasteiger partial charge >= 0.3 is 5.97 Å². The van der Waals surface area contributed by atoms with E-state index < -0.39 is 16.6 Å². The van der Waals surface area contributed by atoms with E-state index in [9.17, 15) is 4.79 Å². The lowest BCUT2D eigenvalue weighted by molar-refractivity contribution is -0.143. The molecule has 0 amide bonds. The summed E-state index contributed by atoms with van der Waals surface area (Å²) in [7, 11) is 1.31. The van der Waals surface area contributed by atoms with Crippen LogP contribution in [0.25, 0.3) is 0 Å². The molecule has 4 nitrogen and oxygen atoms in total. The molecule has 3 atom stereocenters. The van der Waals surface area contributed by atoms with Crippen LogP contribution in [0.1, 0.15) is 26.2 Å². The zero-order chi connectivity index (χ0) is 11.1. The molecule has 86 valence electrons. The Kier molecular flexibility index (Phi) is 2.69. The maximum absolute atomic E-state index is 11.4. The number of hydrogen-bond acceptors (Lipinski definition) is 4. The molecule has 2 aliphatic heterocycles. The molecule has 0 N–H and O–H groups in total. The zero-order valence-electron chi connectivity index (χ0n) is 8.92. The fraction of sp³-hybridized carbons (Fsp3) is 0.900. The summed E-state index contributed by atoms with van der Waals surface area (Å²) in [5, 5.41) is -1.30. The van der Waals surface area contributed by atoms with Crippen LogP contribution in [0.3, 0.4) is 0 Å². The third kappa shape index (κ3) is 1.75. The summed E-state index contributed by atoms with van der Waals surface area (Å²) in [6.07, 6.45) is 2.87. The Morgan fingerprint density at radius 1 is 1.67 bits per heavy atom. The lowest BCUT2D eigenvalue weighted by atomic mass is 9.98. The van der Waals surface area contributed by atoms with Crippen LogP contribution >= 0.6 is 11.6 Å². The van der Waals surface area contributed by atoms with Gasteiger partial charge in [0, 0.05) is 13.0 Å². The first kappa shape index (κ1) is 11.2. The topological polar surface area (TPSA) is 48.1 Å². The van der Waals surface area contributed by atoms with Gasteiger partial charge < -0.3 is 14.2 Å². The SMILES string of the molecule is COC(=O)C1(Cl)OC1(C)CC1CCCO1. The monoisotopic (exact) mass is 234 g/mol. The Morgan fingerprint density at radius 2 is 2.40 bits per heavy atom. The van der Waals surface area contributed by atoms with E-state index in [2.05, 4.69) is 4.74 Å². The van der Waals surface area contributed by atoms with Crippen molar-refractivity contribution < 1.29 is 19.0 Å². The summed E-state index contributed by atoms with van der Waals surface area (Å²) >= 11 is 6.03. The second-order valence-corrected chi connectivity index (χ2v) is 4.79. The maximum atomic E-state index is 11.4. The Labute approximate surface area is 93.8 Å². The number of halogens is 1. The fourth-order valence-electron chi connectivity index (χ4n) is 2.09. The number of carbonyl (C=O) groups excluding carboxylic acids is 1. The van der Waals surface area contributed by atoms with Gasteiger partial charge in [-0.15, -0.1) is 0 Å². The largest absolute Gasteiger partial charge is 0.466 e. The number of methoxy groups -OCH3 is 1. The summed E-state index contributed by atoms with van der Waals surface area (Å²) in [5.41, 5.74) is -0.642. The van der Waals surface area contributed by atoms with Crippen LogP contribution in [-0.4, -0.2) is 36.5 Å². The molecule has 0 saturated carbocycles. The van der Waals surface area contributed by atoms with Gasteiger partial charge in [-0.1, -0.05) is 11.6 Å². The quantitative estimate of drug-likeness (QED) is 0.421. The van der Waals surface area contributed by atoms with E-state index >= 15 is 0 Å². The van der Waals surface area contributed by atoms with Crippen LogP contribution in [0, 0.1) is 0 Å². The van der Waals surface area contributed by atoms with Crippen molar-refractivity contribution in [1.82, 2.24) is 0 Å². The standard InChI is InChI=1S/C10H15ClO4/c1-9(6-7-4-3-5-14-7)10(11,15-9)8(12)13-2/h7H,3-6H2,1-2H3. The second kappa shape index (κ2) is 3.61. The molecule has 2 aliphatic rings. The van der Waals surface area contributed by atoms with Gasteiger partial charge in [-0.3, -0.25) is 0 Å². The Bertz CT molecular complexity index is 277. The highest BCUT2D eigenvalue weighted by molar-refractivity contribution is 6.35. The predicted molar refractivity (Wildman–Crippen MR) is 53.7 cm³/mol. The summed E-state index contributed by atoms with van der Waals surface area (Å²) in [5.74, 6) is -0.523. The van der Waals surface area contributed by atoms with Gasteiger partial charge in [-0.25, -0.2) is 4.79 Å². The molecule has 0 aromatic rings. The number of rotatable bonds is 3. The third-order valence-electron chi connectivity index (χ3n) is 3.09. The van der Waals surface area contributed by atoms with E-state index in [1.807, 2.05) is 6.92 Å². The van der Waals surface area contributed by atoms with Gasteiger partial charge in [0.25, 0.3) is 5.06 Å². The molecule has 0 aliphatic carbocycles. The molecule has 0 spiro atoms. The Morgan fingerprint density at radius 3 is 2.93 bits per heavy atom. The lowest BCUT2D eigenvalue weighted by Crippen LogP contribution is -2.31. The molecular formula is C10H15ClO4. The minimum atomic E-state index is -1.30. The lowest BCUT2D eigenvalue weighted by Gasteiger charge is -2.13. The van der Waals surface area contributed by atoms with Crippen LogP contribution < -0.4 is 0 Å². The predicted octanol–water partition coefficient (Wildman–Crippen LogP) is 1.45. The van der Waals surface area contributed by atoms with Crippen molar-refractivity contribution in [2.75, 3.05) is 13.7 Å². The average molecular weight is 235 g/mol. The average Bonchev–Trinajstić information content (AvgIpc) is 2.60. The first-order chi connectivity index (χ1) is 7.02. The molecule has 3 unspecified atom stereocenters. The molecule has 0 bridgehead atoms. The summed E-state index contributed by atoms with van der Waals surface area (Å²) in [6, 6.07) is 0. The normalized spacial score (nSPS) is 44.1. The van der Waals surface area contributed by atoms with Crippen LogP contribution in [0.2, 0.25) is 0 Å². The summed E-state index contributed by atoms with van der Waals surface area (Å²) < 4.78 is 15.4. The van der Waals surface area contributed by atoms with Crippen LogP contribution in [0.5, 0.6) is 0 Å². The van der Waals surface area contributed by atoms with Crippen molar-refractivity contribution in [3.05, 3.63) is 0 Å². The van der Waals surface area contributed by atoms with E-state index in [4.69, 9.17) is 21.1 Å². The van der Waals surface area contributed by atoms with Crippen molar-refractivity contribution in [3.8, 4) is 0 Å². The van der Waals surface area contributed by atoms with Crippen LogP contribution in [0.4, 0.5) is 0 Å². The highest BCUT2D eigenvalue weighted by atomic mass is 35.5. The molecule has 0 aromatic heterocycles. The van der Waals surface area contributed by atoms with Crippen molar-refractivity contribution in [2.24, 2.45) is 0 Å². The van der Waals surface area contributed by atoms with E-state index in [0.717, 1.165) is 19.4 Å². The van der Waals surface area contributed by atoms with Crippen LogP contribution in [0.15, 0.2) is 0 Å². The van der Waals surface area contributed by atoms with Gasteiger partial charge in [0.1, 0.15) is 5.60 Å². The molecule has 2 rings (SSSR count). The highest BCUT2D eigenvalue weighted by Crippen LogP contribution is 2.55. The van der Waals surface area contributed by atoms with E-state index in [1.54, 1.807) is 0 Å². The first-order valence-electron chi connectivity index (χ1n) is 5.11. The van der Waals surface area contributed by atoms with Gasteiger partial charge in [0.15, 0.2) is 0 Å². The zero-order valence-corrected chi connectivity index (χ0v) is 9.67. The molecular weight excluding hydrogens is 220 g/mol. The second-order valence-electron chi connectivity index (χ2n) is 4.26. The van der Waals surface area contributed by atoms with E-state index in [1.165, 1.54) is 7.11 Å². The van der Waals surface area contributed by atoms with Crippen molar-refractivity contribution >= 4 is 17.6 Å². The molecule has 0 radical (unpaired) electrons. The number of alkyl halides is 1. The van der Waals surface area contributed by atoms with Crippen molar-refractivity contribution in [2.45, 2.75) is 43.0 Å². The fourth-order valence-corrected chi connectivity index (χ4v) is 2.41. The van der Waals surface area contributed by atoms with Crippen molar-refractivity contribution in [3.63, 3.8) is 0 Å². The highest BCUT2D eigenvalue weighted by Gasteiger charge is 2.73. The molecule has 2 fully saturated rings. The minimum Gasteiger partial charge on any atom is -0.466 e. The third-order valence-corrected chi connectivity index (χ3v) is 3.72. The molecule has 15 heavy (non-hydrogen) atoms. The molecule has 2 heterocycles. The van der Waals surface area contributed by atoms with Crippen LogP contribution in [-0.2, 0) is 19.0 Å². The minimum absolute atomic E-state index is 0.153. The van der Waals surface area contributed by atoms with Crippen molar-refractivity contribution in [1.29, 1.82) is 0 Å².